The Labute approximate surface area is 119 Å². The predicted octanol–water partition coefficient (Wildman–Crippen LogP) is 3.24. The Kier molecular flexibility index (Phi) is 5.32. The highest BCUT2D eigenvalue weighted by Gasteiger charge is 2.06. The van der Waals surface area contributed by atoms with E-state index in [2.05, 4.69) is 22.2 Å². The summed E-state index contributed by atoms with van der Waals surface area (Å²) in [5, 5.41) is 3.23. The minimum Gasteiger partial charge on any atom is -0.439 e. The highest BCUT2D eigenvalue weighted by Crippen LogP contribution is 2.21. The Hall–Kier alpha value is -2.14. The van der Waals surface area contributed by atoms with Crippen LogP contribution in [0.5, 0.6) is 11.6 Å². The molecular formula is C15H19N3O2. The molecule has 2 rings (SSSR count). The average Bonchev–Trinajstić information content (AvgIpc) is 2.46. The van der Waals surface area contributed by atoms with Gasteiger partial charge in [0.1, 0.15) is 18.2 Å². The third-order valence-corrected chi connectivity index (χ3v) is 2.54. The van der Waals surface area contributed by atoms with Crippen molar-refractivity contribution in [2.45, 2.75) is 20.0 Å². The summed E-state index contributed by atoms with van der Waals surface area (Å²) in [5.74, 6) is 2.60. The van der Waals surface area contributed by atoms with Gasteiger partial charge in [-0.05, 0) is 18.6 Å². The van der Waals surface area contributed by atoms with E-state index in [4.69, 9.17) is 9.47 Å². The predicted molar refractivity (Wildman–Crippen MR) is 78.0 cm³/mol. The first-order valence-electron chi connectivity index (χ1n) is 6.65. The third kappa shape index (κ3) is 4.20. The molecule has 0 bridgehead atoms. The summed E-state index contributed by atoms with van der Waals surface area (Å²) in [6.45, 7) is 3.31. The van der Waals surface area contributed by atoms with Crippen LogP contribution >= 0.6 is 0 Å². The van der Waals surface area contributed by atoms with Gasteiger partial charge in [0.2, 0.25) is 5.88 Å². The SMILES string of the molecule is CCCNc1cc(Oc2ccccc2)nc(COC)n1. The number of aromatic nitrogens is 2. The van der Waals surface area contributed by atoms with Crippen molar-refractivity contribution in [2.24, 2.45) is 0 Å². The molecule has 0 aliphatic carbocycles. The van der Waals surface area contributed by atoms with Gasteiger partial charge in [0.15, 0.2) is 5.82 Å². The van der Waals surface area contributed by atoms with E-state index < -0.39 is 0 Å². The lowest BCUT2D eigenvalue weighted by molar-refractivity contribution is 0.177. The summed E-state index contributed by atoms with van der Waals surface area (Å²) in [6.07, 6.45) is 1.03. The Morgan fingerprint density at radius 3 is 2.65 bits per heavy atom. The Bertz CT molecular complexity index is 532. The van der Waals surface area contributed by atoms with E-state index in [1.165, 1.54) is 0 Å². The van der Waals surface area contributed by atoms with E-state index >= 15 is 0 Å². The molecule has 0 fully saturated rings. The number of benzene rings is 1. The molecule has 1 aromatic heterocycles. The topological polar surface area (TPSA) is 56.3 Å². The molecule has 106 valence electrons. The third-order valence-electron chi connectivity index (χ3n) is 2.54. The van der Waals surface area contributed by atoms with Crippen molar-refractivity contribution in [1.82, 2.24) is 9.97 Å². The van der Waals surface area contributed by atoms with Crippen LogP contribution in [-0.2, 0) is 11.3 Å². The number of nitrogens with one attached hydrogen (secondary N) is 1. The minimum atomic E-state index is 0.354. The first kappa shape index (κ1) is 14.3. The number of hydrogen-bond donors (Lipinski definition) is 1. The number of methoxy groups -OCH3 is 1. The number of hydrogen-bond acceptors (Lipinski definition) is 5. The van der Waals surface area contributed by atoms with Crippen LogP contribution in [0.25, 0.3) is 0 Å². The molecule has 2 aromatic rings. The molecule has 0 aliphatic heterocycles. The number of nitrogens with zero attached hydrogens (tertiary/aromatic N) is 2. The van der Waals surface area contributed by atoms with Crippen molar-refractivity contribution in [3.05, 3.63) is 42.2 Å². The van der Waals surface area contributed by atoms with Crippen molar-refractivity contribution in [1.29, 1.82) is 0 Å². The first-order valence-corrected chi connectivity index (χ1v) is 6.65. The Morgan fingerprint density at radius 2 is 1.95 bits per heavy atom. The molecule has 0 atom stereocenters. The van der Waals surface area contributed by atoms with E-state index in [9.17, 15) is 0 Å². The van der Waals surface area contributed by atoms with E-state index in [1.54, 1.807) is 13.2 Å². The van der Waals surface area contributed by atoms with E-state index in [0.29, 0.717) is 18.3 Å². The number of para-hydroxylation sites is 1. The van der Waals surface area contributed by atoms with Crippen molar-refractivity contribution in [3.8, 4) is 11.6 Å². The van der Waals surface area contributed by atoms with Crippen LogP contribution in [0.1, 0.15) is 19.2 Å². The summed E-state index contributed by atoms with van der Waals surface area (Å²) in [4.78, 5) is 8.70. The molecule has 0 amide bonds. The molecule has 0 saturated carbocycles. The highest BCUT2D eigenvalue weighted by molar-refractivity contribution is 5.40. The first-order chi connectivity index (χ1) is 9.81. The van der Waals surface area contributed by atoms with E-state index in [-0.39, 0.29) is 0 Å². The normalized spacial score (nSPS) is 10.3. The van der Waals surface area contributed by atoms with Crippen molar-refractivity contribution in [3.63, 3.8) is 0 Å². The van der Waals surface area contributed by atoms with Crippen molar-refractivity contribution in [2.75, 3.05) is 19.0 Å². The van der Waals surface area contributed by atoms with Gasteiger partial charge < -0.3 is 14.8 Å². The van der Waals surface area contributed by atoms with Crippen LogP contribution in [-0.4, -0.2) is 23.6 Å². The molecule has 1 N–H and O–H groups in total. The summed E-state index contributed by atoms with van der Waals surface area (Å²) in [7, 11) is 1.62. The quantitative estimate of drug-likeness (QED) is 0.839. The van der Waals surface area contributed by atoms with Gasteiger partial charge in [-0.3, -0.25) is 0 Å². The fourth-order valence-electron chi connectivity index (χ4n) is 1.67. The fourth-order valence-corrected chi connectivity index (χ4v) is 1.67. The van der Waals surface area contributed by atoms with Gasteiger partial charge in [0.25, 0.3) is 0 Å². The molecule has 0 spiro atoms. The zero-order valence-electron chi connectivity index (χ0n) is 11.8. The van der Waals surface area contributed by atoms with Gasteiger partial charge in [-0.1, -0.05) is 25.1 Å². The second-order valence-electron chi connectivity index (χ2n) is 4.28. The fraction of sp³-hybridized carbons (Fsp3) is 0.333. The van der Waals surface area contributed by atoms with Crippen LogP contribution in [0.2, 0.25) is 0 Å². The van der Waals surface area contributed by atoms with Crippen molar-refractivity contribution >= 4 is 5.82 Å². The molecule has 5 nitrogen and oxygen atoms in total. The highest BCUT2D eigenvalue weighted by atomic mass is 16.5. The Morgan fingerprint density at radius 1 is 1.15 bits per heavy atom. The van der Waals surface area contributed by atoms with Crippen LogP contribution in [0.15, 0.2) is 36.4 Å². The smallest absolute Gasteiger partial charge is 0.224 e. The second kappa shape index (κ2) is 7.45. The molecule has 0 aliphatic rings. The van der Waals surface area contributed by atoms with Gasteiger partial charge in [0.05, 0.1) is 0 Å². The van der Waals surface area contributed by atoms with E-state index in [1.807, 2.05) is 30.3 Å². The molecule has 0 radical (unpaired) electrons. The molecule has 1 aromatic carbocycles. The van der Waals surface area contributed by atoms with Crippen LogP contribution in [0, 0.1) is 0 Å². The maximum atomic E-state index is 5.74. The Balaban J connectivity index is 2.19. The van der Waals surface area contributed by atoms with Gasteiger partial charge in [-0.25, -0.2) is 4.98 Å². The second-order valence-corrected chi connectivity index (χ2v) is 4.28. The number of anilines is 1. The largest absolute Gasteiger partial charge is 0.439 e. The lowest BCUT2D eigenvalue weighted by atomic mass is 10.3. The monoisotopic (exact) mass is 273 g/mol. The molecule has 1 heterocycles. The standard InChI is InChI=1S/C15H19N3O2/c1-3-9-16-13-10-15(18-14(17-13)11-19-2)20-12-7-5-4-6-8-12/h4-8,10H,3,9,11H2,1-2H3,(H,16,17,18). The summed E-state index contributed by atoms with van der Waals surface area (Å²) in [5.41, 5.74) is 0. The maximum Gasteiger partial charge on any atom is 0.224 e. The zero-order valence-corrected chi connectivity index (χ0v) is 11.8. The van der Waals surface area contributed by atoms with Gasteiger partial charge >= 0.3 is 0 Å². The maximum absolute atomic E-state index is 5.74. The zero-order chi connectivity index (χ0) is 14.2. The van der Waals surface area contributed by atoms with E-state index in [0.717, 1.165) is 24.5 Å². The average molecular weight is 273 g/mol. The molecule has 0 saturated heterocycles. The molecule has 20 heavy (non-hydrogen) atoms. The van der Waals surface area contributed by atoms with Gasteiger partial charge in [-0.2, -0.15) is 4.98 Å². The number of ether oxygens (including phenoxy) is 2. The van der Waals surface area contributed by atoms with Crippen LogP contribution in [0.4, 0.5) is 5.82 Å². The van der Waals surface area contributed by atoms with Gasteiger partial charge in [0, 0.05) is 19.7 Å². The van der Waals surface area contributed by atoms with Gasteiger partial charge in [-0.15, -0.1) is 0 Å². The minimum absolute atomic E-state index is 0.354. The molecule has 0 unspecified atom stereocenters. The summed E-state index contributed by atoms with van der Waals surface area (Å²) < 4.78 is 10.8. The summed E-state index contributed by atoms with van der Waals surface area (Å²) in [6, 6.07) is 11.3. The lowest BCUT2D eigenvalue weighted by Crippen LogP contribution is -2.06. The van der Waals surface area contributed by atoms with Crippen molar-refractivity contribution < 1.29 is 9.47 Å². The van der Waals surface area contributed by atoms with Crippen LogP contribution < -0.4 is 10.1 Å². The van der Waals surface area contributed by atoms with Crippen LogP contribution in [0.3, 0.4) is 0 Å². The molecule has 5 heteroatoms. The summed E-state index contributed by atoms with van der Waals surface area (Å²) >= 11 is 0. The lowest BCUT2D eigenvalue weighted by Gasteiger charge is -2.10. The number of rotatable bonds is 7. The molecular weight excluding hydrogens is 254 g/mol.